The maximum absolute atomic E-state index is 14.3. The van der Waals surface area contributed by atoms with E-state index in [4.69, 9.17) is 34.8 Å². The van der Waals surface area contributed by atoms with Crippen LogP contribution in [0, 0.1) is 6.92 Å². The van der Waals surface area contributed by atoms with E-state index in [1.807, 2.05) is 13.8 Å². The molecule has 1 saturated carbocycles. The summed E-state index contributed by atoms with van der Waals surface area (Å²) in [4.78, 5) is 29.4. The van der Waals surface area contributed by atoms with Gasteiger partial charge in [-0.3, -0.25) is 13.9 Å². The molecule has 0 heterocycles. The highest BCUT2D eigenvalue weighted by Crippen LogP contribution is 2.31. The topological polar surface area (TPSA) is 86.8 Å². The average molecular weight is 665 g/mol. The quantitative estimate of drug-likeness (QED) is 0.231. The largest absolute Gasteiger partial charge is 0.352 e. The van der Waals surface area contributed by atoms with Crippen LogP contribution in [0.4, 0.5) is 5.69 Å². The van der Waals surface area contributed by atoms with Crippen LogP contribution in [0.25, 0.3) is 0 Å². The first-order chi connectivity index (χ1) is 20.5. The van der Waals surface area contributed by atoms with E-state index in [1.54, 1.807) is 54.6 Å². The van der Waals surface area contributed by atoms with Crippen molar-refractivity contribution in [3.05, 3.63) is 92.9 Å². The summed E-state index contributed by atoms with van der Waals surface area (Å²) in [5.41, 5.74) is 1.62. The lowest BCUT2D eigenvalue weighted by Crippen LogP contribution is -2.54. The molecule has 1 atom stereocenters. The Balaban J connectivity index is 1.73. The number of carbonyl (C=O) groups is 2. The zero-order valence-electron chi connectivity index (χ0n) is 24.2. The summed E-state index contributed by atoms with van der Waals surface area (Å²) in [5.74, 6) is -0.856. The summed E-state index contributed by atoms with van der Waals surface area (Å²) in [6, 6.07) is 16.9. The second-order valence-electron chi connectivity index (χ2n) is 10.8. The van der Waals surface area contributed by atoms with Gasteiger partial charge in [0.1, 0.15) is 12.6 Å². The molecule has 3 aromatic carbocycles. The van der Waals surface area contributed by atoms with Crippen molar-refractivity contribution in [2.24, 2.45) is 0 Å². The molecule has 0 saturated heterocycles. The Labute approximate surface area is 269 Å². The molecule has 1 aliphatic rings. The van der Waals surface area contributed by atoms with Crippen LogP contribution in [-0.2, 0) is 26.2 Å². The van der Waals surface area contributed by atoms with E-state index < -0.39 is 28.5 Å². The molecule has 1 unspecified atom stereocenters. The predicted octanol–water partition coefficient (Wildman–Crippen LogP) is 7.41. The summed E-state index contributed by atoms with van der Waals surface area (Å²) in [5, 5.41) is 4.07. The van der Waals surface area contributed by atoms with Gasteiger partial charge in [0.2, 0.25) is 11.8 Å². The van der Waals surface area contributed by atoms with Gasteiger partial charge in [0.05, 0.1) is 15.6 Å². The molecule has 11 heteroatoms. The van der Waals surface area contributed by atoms with Gasteiger partial charge in [-0.05, 0) is 68.1 Å². The first-order valence-electron chi connectivity index (χ1n) is 14.4. The highest BCUT2D eigenvalue weighted by molar-refractivity contribution is 7.92. The molecule has 230 valence electrons. The van der Waals surface area contributed by atoms with Crippen molar-refractivity contribution in [3.8, 4) is 0 Å². The number of rotatable bonds is 11. The summed E-state index contributed by atoms with van der Waals surface area (Å²) < 4.78 is 29.0. The third-order valence-electron chi connectivity index (χ3n) is 7.70. The van der Waals surface area contributed by atoms with E-state index in [1.165, 1.54) is 17.0 Å². The molecule has 0 aliphatic heterocycles. The number of anilines is 1. The Morgan fingerprint density at radius 2 is 1.60 bits per heavy atom. The number of hydrogen-bond donors (Lipinski definition) is 1. The summed E-state index contributed by atoms with van der Waals surface area (Å²) in [7, 11) is -4.23. The molecular weight excluding hydrogens is 629 g/mol. The zero-order valence-corrected chi connectivity index (χ0v) is 27.3. The maximum atomic E-state index is 14.3. The van der Waals surface area contributed by atoms with Crippen LogP contribution >= 0.6 is 34.8 Å². The molecule has 0 bridgehead atoms. The monoisotopic (exact) mass is 663 g/mol. The zero-order chi connectivity index (χ0) is 31.1. The van der Waals surface area contributed by atoms with Crippen molar-refractivity contribution >= 4 is 62.3 Å². The highest BCUT2D eigenvalue weighted by Gasteiger charge is 2.35. The van der Waals surface area contributed by atoms with E-state index in [-0.39, 0.29) is 34.1 Å². The fourth-order valence-corrected chi connectivity index (χ4v) is 7.49. The number of sulfonamides is 1. The van der Waals surface area contributed by atoms with E-state index in [2.05, 4.69) is 5.32 Å². The number of hydrogen-bond acceptors (Lipinski definition) is 4. The molecule has 0 spiro atoms. The van der Waals surface area contributed by atoms with E-state index >= 15 is 0 Å². The number of nitrogens with zero attached hydrogens (tertiary/aromatic N) is 2. The van der Waals surface area contributed by atoms with Crippen LogP contribution in [0.1, 0.15) is 56.6 Å². The lowest BCUT2D eigenvalue weighted by Gasteiger charge is -2.34. The van der Waals surface area contributed by atoms with Gasteiger partial charge in [-0.2, -0.15) is 0 Å². The van der Waals surface area contributed by atoms with Gasteiger partial charge < -0.3 is 10.2 Å². The third kappa shape index (κ3) is 8.24. The molecule has 0 radical (unpaired) electrons. The Morgan fingerprint density at radius 1 is 0.930 bits per heavy atom. The van der Waals surface area contributed by atoms with Crippen molar-refractivity contribution in [3.63, 3.8) is 0 Å². The minimum absolute atomic E-state index is 0.0141. The molecule has 7 nitrogen and oxygen atoms in total. The summed E-state index contributed by atoms with van der Waals surface area (Å²) in [6.07, 6.45) is 5.29. The van der Waals surface area contributed by atoms with Crippen molar-refractivity contribution in [2.45, 2.75) is 75.9 Å². The summed E-state index contributed by atoms with van der Waals surface area (Å²) >= 11 is 19.1. The molecule has 1 N–H and O–H groups in total. The molecule has 3 aromatic rings. The van der Waals surface area contributed by atoms with Crippen LogP contribution in [0.15, 0.2) is 71.6 Å². The van der Waals surface area contributed by atoms with Crippen LogP contribution in [0.5, 0.6) is 0 Å². The first kappa shape index (κ1) is 33.1. The number of para-hydroxylation sites is 1. The number of halogens is 3. The smallest absolute Gasteiger partial charge is 0.264 e. The van der Waals surface area contributed by atoms with Crippen LogP contribution in [0.2, 0.25) is 15.1 Å². The Hall–Kier alpha value is -2.78. The number of aryl methyl sites for hydroxylation is 1. The highest BCUT2D eigenvalue weighted by atomic mass is 35.5. The van der Waals surface area contributed by atoms with Gasteiger partial charge in [-0.15, -0.1) is 0 Å². The predicted molar refractivity (Wildman–Crippen MR) is 173 cm³/mol. The van der Waals surface area contributed by atoms with E-state index in [0.29, 0.717) is 22.0 Å². The van der Waals surface area contributed by atoms with E-state index in [0.717, 1.165) is 42.0 Å². The number of carbonyl (C=O) groups excluding carboxylic acids is 2. The lowest BCUT2D eigenvalue weighted by atomic mass is 9.95. The van der Waals surface area contributed by atoms with Crippen LogP contribution in [-0.4, -0.2) is 43.8 Å². The standard InChI is InChI=1S/C32H36Cl3N3O4S/c1-3-29(32(40)36-25-9-5-4-6-10-25)37(20-23-15-16-24(33)19-28(23)35)31(39)21-38(30-12-8-7-11-27(30)34)43(41,42)26-17-13-22(2)14-18-26/h7-8,11-19,25,29H,3-6,9-10,20-21H2,1-2H3,(H,36,40). The van der Waals surface area contributed by atoms with Crippen LogP contribution in [0.3, 0.4) is 0 Å². The maximum Gasteiger partial charge on any atom is 0.264 e. The van der Waals surface area contributed by atoms with Gasteiger partial charge in [-0.1, -0.05) is 96.9 Å². The normalized spacial score (nSPS) is 14.6. The Morgan fingerprint density at radius 3 is 2.23 bits per heavy atom. The molecule has 4 rings (SSSR count). The number of benzene rings is 3. The molecule has 1 fully saturated rings. The van der Waals surface area contributed by atoms with Gasteiger partial charge in [0, 0.05) is 22.6 Å². The fourth-order valence-electron chi connectivity index (χ4n) is 5.30. The van der Waals surface area contributed by atoms with Crippen LogP contribution < -0.4 is 9.62 Å². The Bertz CT molecular complexity index is 1540. The average Bonchev–Trinajstić information content (AvgIpc) is 2.98. The number of amides is 2. The third-order valence-corrected chi connectivity index (χ3v) is 10.4. The van der Waals surface area contributed by atoms with Gasteiger partial charge in [0.15, 0.2) is 0 Å². The van der Waals surface area contributed by atoms with Gasteiger partial charge >= 0.3 is 0 Å². The minimum Gasteiger partial charge on any atom is -0.352 e. The minimum atomic E-state index is -4.23. The SMILES string of the molecule is CCC(C(=O)NC1CCCCC1)N(Cc1ccc(Cl)cc1Cl)C(=O)CN(c1ccccc1Cl)S(=O)(=O)c1ccc(C)cc1. The van der Waals surface area contributed by atoms with E-state index in [9.17, 15) is 18.0 Å². The number of nitrogens with one attached hydrogen (secondary N) is 1. The summed E-state index contributed by atoms with van der Waals surface area (Å²) in [6.45, 7) is 3.07. The fraction of sp³-hybridized carbons (Fsp3) is 0.375. The molecule has 2 amide bonds. The molecular formula is C32H36Cl3N3O4S. The molecule has 43 heavy (non-hydrogen) atoms. The first-order valence-corrected chi connectivity index (χ1v) is 17.0. The second kappa shape index (κ2) is 14.8. The molecule has 0 aromatic heterocycles. The lowest BCUT2D eigenvalue weighted by molar-refractivity contribution is -0.140. The van der Waals surface area contributed by atoms with Crippen molar-refractivity contribution in [2.75, 3.05) is 10.8 Å². The second-order valence-corrected chi connectivity index (χ2v) is 13.9. The van der Waals surface area contributed by atoms with Gasteiger partial charge in [-0.25, -0.2) is 8.42 Å². The molecule has 1 aliphatic carbocycles. The Kier molecular flexibility index (Phi) is 11.4. The van der Waals surface area contributed by atoms with Crippen molar-refractivity contribution in [1.82, 2.24) is 10.2 Å². The van der Waals surface area contributed by atoms with Crippen molar-refractivity contribution < 1.29 is 18.0 Å². The van der Waals surface area contributed by atoms with Crippen molar-refractivity contribution in [1.29, 1.82) is 0 Å². The van der Waals surface area contributed by atoms with Gasteiger partial charge in [0.25, 0.3) is 10.0 Å².